The third kappa shape index (κ3) is 17.2. The second kappa shape index (κ2) is 24.6. The van der Waals surface area contributed by atoms with Gasteiger partial charge in [-0.2, -0.15) is 0 Å². The van der Waals surface area contributed by atoms with Gasteiger partial charge in [0.2, 0.25) is 29.2 Å². The number of nitrogens with zero attached hydrogens (tertiary/aromatic N) is 2. The summed E-state index contributed by atoms with van der Waals surface area (Å²) in [6, 6.07) is -3.14. The van der Waals surface area contributed by atoms with Crippen LogP contribution in [0.3, 0.4) is 0 Å². The molecule has 0 aliphatic carbocycles. The topological polar surface area (TPSA) is 409 Å². The van der Waals surface area contributed by atoms with E-state index in [-0.39, 0.29) is 45.9 Å². The standard InChI is InChI=1S/C35H59N9O15.H2/c1-16(4-8-56-10-6-25(48)40-14-21(46)28(50)30-17(2)19(43-34(36)37)12-23(58-30)32(52)53)5-9-57-11-7-26(49)41-15-22(47)29(51)31-27(42-18(3)45)20(44-35(38)39)13-24(59-31)33(54)55;/h12-13,16-17,19-22,27-31,46-47,50-51H,4-11,14-15H2,1-3H3,(H,40,48)(H,41,49)(H,42,45)(H,52,53)(H,54,55)(H4,36,37,43)(H4,38,39,44);1H/t16?,17-,19+,20+,21-,22-,27-,28-,29-,30-,31-;/m1./s1/i;1+2. The Bertz CT molecular complexity index is 1560. The number of aliphatic hydroxyl groups excluding tert-OH is 4. The number of hydrogen-bond donors (Lipinski definition) is 13. The van der Waals surface area contributed by atoms with Gasteiger partial charge in [0.15, 0.2) is 11.9 Å². The highest BCUT2D eigenvalue weighted by Crippen LogP contribution is 2.29. The third-order valence-electron chi connectivity index (χ3n) is 9.27. The number of aliphatic imine (C=N–C) groups is 2. The molecule has 2 rings (SSSR count). The number of carbonyl (C=O) groups excluding carboxylic acids is 3. The summed E-state index contributed by atoms with van der Waals surface area (Å²) >= 11 is 0. The number of carboxylic acid groups (broad SMARTS) is 2. The van der Waals surface area contributed by atoms with Crippen molar-refractivity contribution in [1.29, 1.82) is 0 Å². The highest BCUT2D eigenvalue weighted by Gasteiger charge is 2.44. The fourth-order valence-electron chi connectivity index (χ4n) is 5.97. The Morgan fingerprint density at radius 3 is 1.61 bits per heavy atom. The first-order valence-corrected chi connectivity index (χ1v) is 18.8. The van der Waals surface area contributed by atoms with Crippen LogP contribution >= 0.6 is 0 Å². The lowest BCUT2D eigenvalue weighted by atomic mass is 9.87. The fraction of sp³-hybridized carbons (Fsp3) is 0.686. The Hall–Kier alpha value is -5.27. The molecular formula is C35H61N9O15. The maximum absolute atomic E-state index is 12.4. The van der Waals surface area contributed by atoms with Gasteiger partial charge in [0.05, 0.1) is 31.3 Å². The summed E-state index contributed by atoms with van der Waals surface area (Å²) in [5.74, 6) is -6.69. The van der Waals surface area contributed by atoms with Crippen molar-refractivity contribution in [3.05, 3.63) is 23.7 Å². The van der Waals surface area contributed by atoms with Crippen molar-refractivity contribution in [3.8, 4) is 0 Å². The lowest BCUT2D eigenvalue weighted by Gasteiger charge is -2.38. The molecular weight excluding hydrogens is 786 g/mol. The summed E-state index contributed by atoms with van der Waals surface area (Å²) in [6.45, 7) is 4.80. The largest absolute Gasteiger partial charge is 0.480 e. The Kier molecular flexibility index (Phi) is 20.8. The highest BCUT2D eigenvalue weighted by atomic mass is 16.5. The van der Waals surface area contributed by atoms with E-state index >= 15 is 0 Å². The van der Waals surface area contributed by atoms with Gasteiger partial charge >= 0.3 is 11.9 Å². The monoisotopic (exact) mass is 849 g/mol. The second-order valence-corrected chi connectivity index (χ2v) is 14.1. The van der Waals surface area contributed by atoms with E-state index in [0.717, 1.165) is 6.08 Å². The summed E-state index contributed by atoms with van der Waals surface area (Å²) in [6.07, 6.45) is -5.76. The molecule has 0 saturated carbocycles. The van der Waals surface area contributed by atoms with Crippen LogP contribution in [0.4, 0.5) is 0 Å². The zero-order chi connectivity index (χ0) is 44.4. The van der Waals surface area contributed by atoms with Crippen LogP contribution in [0.5, 0.6) is 0 Å². The molecule has 59 heavy (non-hydrogen) atoms. The van der Waals surface area contributed by atoms with Gasteiger partial charge in [-0.05, 0) is 30.9 Å². The molecule has 0 spiro atoms. The maximum Gasteiger partial charge on any atom is 0.370 e. The molecule has 24 nitrogen and oxygen atoms in total. The van der Waals surface area contributed by atoms with Crippen LogP contribution in [0.25, 0.3) is 0 Å². The van der Waals surface area contributed by atoms with Crippen LogP contribution in [0.15, 0.2) is 33.7 Å². The predicted molar refractivity (Wildman–Crippen MR) is 209 cm³/mol. The van der Waals surface area contributed by atoms with Gasteiger partial charge in [0.25, 0.3) is 0 Å². The first-order chi connectivity index (χ1) is 27.7. The molecule has 3 amide bonds. The van der Waals surface area contributed by atoms with E-state index in [1.54, 1.807) is 6.92 Å². The lowest BCUT2D eigenvalue weighted by Crippen LogP contribution is -2.60. The molecule has 0 aromatic rings. The molecule has 2 heterocycles. The second-order valence-electron chi connectivity index (χ2n) is 14.1. The van der Waals surface area contributed by atoms with Crippen LogP contribution < -0.4 is 38.9 Å². The van der Waals surface area contributed by atoms with Crippen LogP contribution in [-0.4, -0.2) is 166 Å². The number of nitrogens with two attached hydrogens (primary N) is 4. The summed E-state index contributed by atoms with van der Waals surface area (Å²) in [5, 5.41) is 68.9. The number of hydrogen-bond acceptors (Lipinski definition) is 15. The van der Waals surface area contributed by atoms with E-state index in [2.05, 4.69) is 25.9 Å². The van der Waals surface area contributed by atoms with E-state index in [4.69, 9.17) is 41.9 Å². The normalized spacial score (nSPS) is 23.8. The van der Waals surface area contributed by atoms with E-state index in [1.807, 2.05) is 6.92 Å². The number of guanidine groups is 2. The van der Waals surface area contributed by atoms with Crippen molar-refractivity contribution >= 4 is 41.6 Å². The lowest BCUT2D eigenvalue weighted by molar-refractivity contribution is -0.146. The van der Waals surface area contributed by atoms with Crippen LogP contribution in [0.1, 0.15) is 47.9 Å². The molecule has 17 N–H and O–H groups in total. The minimum atomic E-state index is -1.79. The highest BCUT2D eigenvalue weighted by molar-refractivity contribution is 5.86. The molecule has 336 valence electrons. The van der Waals surface area contributed by atoms with Crippen molar-refractivity contribution in [3.63, 3.8) is 0 Å². The molecule has 24 heteroatoms. The molecule has 0 saturated heterocycles. The number of ether oxygens (including phenoxy) is 4. The molecule has 0 fully saturated rings. The molecule has 0 radical (unpaired) electrons. The zero-order valence-electron chi connectivity index (χ0n) is 33.1. The van der Waals surface area contributed by atoms with Crippen LogP contribution in [0.2, 0.25) is 0 Å². The number of nitrogens with one attached hydrogen (secondary N) is 3. The molecule has 11 atom stereocenters. The van der Waals surface area contributed by atoms with E-state index in [9.17, 15) is 54.6 Å². The third-order valence-corrected chi connectivity index (χ3v) is 9.27. The van der Waals surface area contributed by atoms with Crippen LogP contribution in [-0.2, 0) is 42.9 Å². The Morgan fingerprint density at radius 1 is 0.746 bits per heavy atom. The zero-order valence-corrected chi connectivity index (χ0v) is 33.1. The van der Waals surface area contributed by atoms with Crippen LogP contribution in [0, 0.1) is 11.8 Å². The molecule has 0 aromatic heterocycles. The first-order valence-electron chi connectivity index (χ1n) is 18.8. The number of carbonyl (C=O) groups is 5. The van der Waals surface area contributed by atoms with Gasteiger partial charge in [-0.1, -0.05) is 13.8 Å². The maximum atomic E-state index is 12.4. The Balaban J connectivity index is 0.0000180. The van der Waals surface area contributed by atoms with Gasteiger partial charge in [0.1, 0.15) is 36.6 Å². The molecule has 0 aromatic carbocycles. The van der Waals surface area contributed by atoms with Gasteiger partial charge in [-0.15, -0.1) is 0 Å². The summed E-state index contributed by atoms with van der Waals surface area (Å²) in [5.41, 5.74) is 21.8. The quantitative estimate of drug-likeness (QED) is 0.0233. The number of aliphatic hydroxyl groups is 4. The molecule has 0 bridgehead atoms. The smallest absolute Gasteiger partial charge is 0.370 e. The summed E-state index contributed by atoms with van der Waals surface area (Å²) in [4.78, 5) is 67.5. The SMILES string of the molecule is CC(=O)N[C@H]1[C@H]([C@H](O)[C@H](O)CNC(=O)CCOCCC(C)CCOCCC(=O)NC[C@@H](O)[C@@H](O)[C@@H]2OC(C(=O)O)=C[C@H](N=C(N)N)[C@H]2C)OC(C(=O)O)=C[C@@H]1N=C(N)N.[3HH]. The van der Waals surface area contributed by atoms with Crippen molar-refractivity contribution in [2.24, 2.45) is 44.8 Å². The Morgan fingerprint density at radius 2 is 1.17 bits per heavy atom. The molecule has 2 aliphatic heterocycles. The van der Waals surface area contributed by atoms with Crippen molar-refractivity contribution in [2.75, 3.05) is 39.5 Å². The van der Waals surface area contributed by atoms with Crippen molar-refractivity contribution in [2.45, 2.75) is 101 Å². The minimum Gasteiger partial charge on any atom is -0.480 e. The average molecular weight is 850 g/mol. The molecule has 2 aliphatic rings. The summed E-state index contributed by atoms with van der Waals surface area (Å²) in [7, 11) is 0. The number of carboxylic acids is 2. The number of aliphatic carboxylic acids is 2. The minimum absolute atomic E-state index is 0. The number of amides is 3. The number of rotatable bonds is 25. The average Bonchev–Trinajstić information content (AvgIpc) is 3.15. The van der Waals surface area contributed by atoms with Gasteiger partial charge < -0.3 is 88.5 Å². The Labute approximate surface area is 341 Å². The van der Waals surface area contributed by atoms with Crippen molar-refractivity contribution in [1.82, 2.24) is 16.0 Å². The fourth-order valence-corrected chi connectivity index (χ4v) is 5.97. The van der Waals surface area contributed by atoms with E-state index in [0.29, 0.717) is 26.1 Å². The van der Waals surface area contributed by atoms with E-state index in [1.165, 1.54) is 13.0 Å². The van der Waals surface area contributed by atoms with Crippen molar-refractivity contribution < 1.29 is 75.0 Å². The van der Waals surface area contributed by atoms with Gasteiger partial charge in [-0.25, -0.2) is 19.6 Å². The predicted octanol–water partition coefficient (Wildman–Crippen LogP) is -4.70. The first kappa shape index (κ1) is 49.9. The summed E-state index contributed by atoms with van der Waals surface area (Å²) < 4.78 is 21.8. The molecule has 1 unspecified atom stereocenters. The van der Waals surface area contributed by atoms with Gasteiger partial charge in [-0.3, -0.25) is 14.4 Å². The van der Waals surface area contributed by atoms with Gasteiger partial charge in [0, 0.05) is 53.4 Å². The van der Waals surface area contributed by atoms with E-state index < -0.39 is 114 Å².